The van der Waals surface area contributed by atoms with E-state index in [9.17, 15) is 4.79 Å². The molecular formula is C18H26O2. The van der Waals surface area contributed by atoms with Crippen molar-refractivity contribution in [3.8, 4) is 0 Å². The fourth-order valence-electron chi connectivity index (χ4n) is 3.23. The molecular weight excluding hydrogens is 248 g/mol. The molecule has 1 aromatic rings. The largest absolute Gasteiger partial charge is 0.367 e. The third-order valence-electron chi connectivity index (χ3n) is 4.45. The molecule has 0 saturated heterocycles. The van der Waals surface area contributed by atoms with Crippen LogP contribution in [0.15, 0.2) is 18.2 Å². The van der Waals surface area contributed by atoms with Gasteiger partial charge in [-0.15, -0.1) is 0 Å². The zero-order valence-corrected chi connectivity index (χ0v) is 13.0. The van der Waals surface area contributed by atoms with Crippen molar-refractivity contribution in [3.05, 3.63) is 34.9 Å². The van der Waals surface area contributed by atoms with Gasteiger partial charge in [0.2, 0.25) is 0 Å². The maximum atomic E-state index is 12.8. The number of rotatable bonds is 5. The Bertz CT molecular complexity index is 465. The summed E-state index contributed by atoms with van der Waals surface area (Å²) in [6.07, 6.45) is 5.74. The SMILES string of the molecule is CCOC1(C(=O)Cc2cc(C)ccc2C)CCCCC1. The Balaban J connectivity index is 2.18. The normalized spacial score (nSPS) is 17.9. The minimum atomic E-state index is -0.511. The van der Waals surface area contributed by atoms with Crippen LogP contribution in [0.5, 0.6) is 0 Å². The molecule has 0 spiro atoms. The lowest BCUT2D eigenvalue weighted by molar-refractivity contribution is -0.148. The number of carbonyl (C=O) groups is 1. The topological polar surface area (TPSA) is 26.3 Å². The van der Waals surface area contributed by atoms with E-state index in [-0.39, 0.29) is 5.78 Å². The van der Waals surface area contributed by atoms with Gasteiger partial charge in [-0.25, -0.2) is 0 Å². The lowest BCUT2D eigenvalue weighted by Crippen LogP contribution is -2.44. The van der Waals surface area contributed by atoms with Crippen molar-refractivity contribution < 1.29 is 9.53 Å². The lowest BCUT2D eigenvalue weighted by Gasteiger charge is -2.35. The van der Waals surface area contributed by atoms with Gasteiger partial charge in [0.1, 0.15) is 5.60 Å². The molecule has 0 radical (unpaired) electrons. The monoisotopic (exact) mass is 274 g/mol. The van der Waals surface area contributed by atoms with E-state index in [4.69, 9.17) is 4.74 Å². The van der Waals surface area contributed by atoms with Crippen LogP contribution in [-0.4, -0.2) is 18.0 Å². The first-order valence-corrected chi connectivity index (χ1v) is 7.81. The van der Waals surface area contributed by atoms with Crippen LogP contribution in [-0.2, 0) is 16.0 Å². The minimum absolute atomic E-state index is 0.271. The molecule has 2 heteroatoms. The van der Waals surface area contributed by atoms with E-state index >= 15 is 0 Å². The molecule has 0 amide bonds. The number of aryl methyl sites for hydroxylation is 2. The number of benzene rings is 1. The Kier molecular flexibility index (Phi) is 4.98. The standard InChI is InChI=1S/C18H26O2/c1-4-20-18(10-6-5-7-11-18)17(19)13-16-12-14(2)8-9-15(16)3/h8-9,12H,4-7,10-11,13H2,1-3H3. The molecule has 2 rings (SSSR count). The van der Waals surface area contributed by atoms with Crippen molar-refractivity contribution in [1.29, 1.82) is 0 Å². The van der Waals surface area contributed by atoms with E-state index < -0.39 is 5.60 Å². The van der Waals surface area contributed by atoms with Crippen LogP contribution in [0.3, 0.4) is 0 Å². The second kappa shape index (κ2) is 6.53. The second-order valence-corrected chi connectivity index (χ2v) is 6.02. The third kappa shape index (κ3) is 3.29. The molecule has 1 aliphatic carbocycles. The van der Waals surface area contributed by atoms with E-state index in [2.05, 4.69) is 32.0 Å². The number of Topliss-reactive ketones (excluding diaryl/α,β-unsaturated/α-hetero) is 1. The molecule has 0 atom stereocenters. The Hall–Kier alpha value is -1.15. The second-order valence-electron chi connectivity index (χ2n) is 6.02. The van der Waals surface area contributed by atoms with E-state index in [0.29, 0.717) is 13.0 Å². The highest BCUT2D eigenvalue weighted by Crippen LogP contribution is 2.33. The molecule has 2 nitrogen and oxygen atoms in total. The third-order valence-corrected chi connectivity index (χ3v) is 4.45. The maximum Gasteiger partial charge on any atom is 0.168 e. The summed E-state index contributed by atoms with van der Waals surface area (Å²) in [5.41, 5.74) is 3.06. The zero-order chi connectivity index (χ0) is 14.6. The summed E-state index contributed by atoms with van der Waals surface area (Å²) < 4.78 is 5.93. The molecule has 0 N–H and O–H groups in total. The molecule has 1 fully saturated rings. The molecule has 0 aliphatic heterocycles. The smallest absolute Gasteiger partial charge is 0.168 e. The summed E-state index contributed by atoms with van der Waals surface area (Å²) in [6, 6.07) is 6.34. The van der Waals surface area contributed by atoms with Crippen molar-refractivity contribution in [2.75, 3.05) is 6.61 Å². The quantitative estimate of drug-likeness (QED) is 0.806. The summed E-state index contributed by atoms with van der Waals surface area (Å²) >= 11 is 0. The van der Waals surface area contributed by atoms with Crippen molar-refractivity contribution in [2.24, 2.45) is 0 Å². The number of hydrogen-bond donors (Lipinski definition) is 0. The van der Waals surface area contributed by atoms with Crippen LogP contribution < -0.4 is 0 Å². The van der Waals surface area contributed by atoms with Gasteiger partial charge in [0, 0.05) is 13.0 Å². The summed E-state index contributed by atoms with van der Waals surface area (Å²) in [5, 5.41) is 0. The summed E-state index contributed by atoms with van der Waals surface area (Å²) in [5.74, 6) is 0.271. The van der Waals surface area contributed by atoms with Gasteiger partial charge in [-0.3, -0.25) is 4.79 Å². The van der Waals surface area contributed by atoms with E-state index in [0.717, 1.165) is 31.2 Å². The van der Waals surface area contributed by atoms with Gasteiger partial charge in [0.05, 0.1) is 0 Å². The van der Waals surface area contributed by atoms with E-state index in [1.165, 1.54) is 17.5 Å². The molecule has 20 heavy (non-hydrogen) atoms. The average Bonchev–Trinajstić information content (AvgIpc) is 2.44. The summed E-state index contributed by atoms with van der Waals surface area (Å²) in [4.78, 5) is 12.8. The van der Waals surface area contributed by atoms with Crippen LogP contribution >= 0.6 is 0 Å². The molecule has 110 valence electrons. The van der Waals surface area contributed by atoms with Gasteiger partial charge in [0.15, 0.2) is 5.78 Å². The Morgan fingerprint density at radius 1 is 1.20 bits per heavy atom. The average molecular weight is 274 g/mol. The molecule has 0 aromatic heterocycles. The first kappa shape index (κ1) is 15.2. The van der Waals surface area contributed by atoms with E-state index in [1.807, 2.05) is 6.92 Å². The van der Waals surface area contributed by atoms with Crippen molar-refractivity contribution in [2.45, 2.75) is 64.9 Å². The Labute approximate surface area is 122 Å². The predicted octanol–water partition coefficient (Wildman–Crippen LogP) is 4.15. The van der Waals surface area contributed by atoms with Gasteiger partial charge in [-0.05, 0) is 44.7 Å². The fraction of sp³-hybridized carbons (Fsp3) is 0.611. The summed E-state index contributed by atoms with van der Waals surface area (Å²) in [7, 11) is 0. The van der Waals surface area contributed by atoms with Crippen LogP contribution in [0.2, 0.25) is 0 Å². The molecule has 0 bridgehead atoms. The molecule has 0 heterocycles. The maximum absolute atomic E-state index is 12.8. The number of ether oxygens (including phenoxy) is 1. The first-order chi connectivity index (χ1) is 9.57. The van der Waals surface area contributed by atoms with Gasteiger partial charge in [-0.1, -0.05) is 43.0 Å². The highest BCUT2D eigenvalue weighted by molar-refractivity contribution is 5.89. The number of hydrogen-bond acceptors (Lipinski definition) is 2. The Morgan fingerprint density at radius 3 is 2.55 bits per heavy atom. The Morgan fingerprint density at radius 2 is 1.90 bits per heavy atom. The number of ketones is 1. The van der Waals surface area contributed by atoms with Gasteiger partial charge in [0.25, 0.3) is 0 Å². The van der Waals surface area contributed by atoms with Crippen molar-refractivity contribution in [3.63, 3.8) is 0 Å². The molecule has 1 aromatic carbocycles. The van der Waals surface area contributed by atoms with Crippen molar-refractivity contribution in [1.82, 2.24) is 0 Å². The van der Waals surface area contributed by atoms with Gasteiger partial charge in [-0.2, -0.15) is 0 Å². The molecule has 1 saturated carbocycles. The molecule has 0 unspecified atom stereocenters. The highest BCUT2D eigenvalue weighted by Gasteiger charge is 2.39. The van der Waals surface area contributed by atoms with Crippen molar-refractivity contribution >= 4 is 5.78 Å². The van der Waals surface area contributed by atoms with E-state index in [1.54, 1.807) is 0 Å². The van der Waals surface area contributed by atoms with Gasteiger partial charge < -0.3 is 4.74 Å². The zero-order valence-electron chi connectivity index (χ0n) is 13.0. The van der Waals surface area contributed by atoms with Crippen LogP contribution in [0.1, 0.15) is 55.7 Å². The van der Waals surface area contributed by atoms with Crippen LogP contribution in [0, 0.1) is 13.8 Å². The number of carbonyl (C=O) groups excluding carboxylic acids is 1. The van der Waals surface area contributed by atoms with Crippen LogP contribution in [0.25, 0.3) is 0 Å². The predicted molar refractivity (Wildman–Crippen MR) is 82.1 cm³/mol. The molecule has 1 aliphatic rings. The fourth-order valence-corrected chi connectivity index (χ4v) is 3.23. The minimum Gasteiger partial charge on any atom is -0.367 e. The lowest BCUT2D eigenvalue weighted by atomic mass is 9.79. The van der Waals surface area contributed by atoms with Crippen LogP contribution in [0.4, 0.5) is 0 Å². The highest BCUT2D eigenvalue weighted by atomic mass is 16.5. The van der Waals surface area contributed by atoms with Gasteiger partial charge >= 0.3 is 0 Å². The summed E-state index contributed by atoms with van der Waals surface area (Å²) in [6.45, 7) is 6.77. The first-order valence-electron chi connectivity index (χ1n) is 7.81.